The summed E-state index contributed by atoms with van der Waals surface area (Å²) in [6, 6.07) is 10.1. The molecule has 0 atom stereocenters. The molecule has 6 heteroatoms. The molecule has 2 rings (SSSR count). The molecule has 0 heterocycles. The van der Waals surface area contributed by atoms with Crippen molar-refractivity contribution >= 4 is 34.8 Å². The first-order valence-electron chi connectivity index (χ1n) is 6.62. The summed E-state index contributed by atoms with van der Waals surface area (Å²) in [4.78, 5) is 12.5. The smallest absolute Gasteiger partial charge is 0.259 e. The molecule has 2 aromatic carbocycles. The van der Waals surface area contributed by atoms with Gasteiger partial charge in [0.05, 0.1) is 24.3 Å². The zero-order chi connectivity index (χ0) is 16.1. The van der Waals surface area contributed by atoms with E-state index < -0.39 is 0 Å². The molecule has 116 valence electrons. The predicted molar refractivity (Wildman–Crippen MR) is 88.6 cm³/mol. The molecule has 0 radical (unpaired) electrons. The summed E-state index contributed by atoms with van der Waals surface area (Å²) in [5.41, 5.74) is 0.880. The minimum atomic E-state index is -0.360. The molecular formula is C16H15Cl2NO3. The van der Waals surface area contributed by atoms with Crippen LogP contribution in [0.3, 0.4) is 0 Å². The number of amides is 1. The topological polar surface area (TPSA) is 47.6 Å². The van der Waals surface area contributed by atoms with Crippen LogP contribution in [0.2, 0.25) is 10.0 Å². The summed E-state index contributed by atoms with van der Waals surface area (Å²) in [5, 5.41) is 3.43. The van der Waals surface area contributed by atoms with Gasteiger partial charge in [0, 0.05) is 16.8 Å². The number of nitrogens with one attached hydrogen (secondary N) is 1. The summed E-state index contributed by atoms with van der Waals surface area (Å²) >= 11 is 12.1. The molecule has 0 aliphatic carbocycles. The van der Waals surface area contributed by atoms with E-state index in [9.17, 15) is 4.79 Å². The van der Waals surface area contributed by atoms with Crippen LogP contribution in [-0.2, 0) is 0 Å². The van der Waals surface area contributed by atoms with Gasteiger partial charge in [-0.1, -0.05) is 29.3 Å². The van der Waals surface area contributed by atoms with Crippen molar-refractivity contribution in [2.24, 2.45) is 0 Å². The fourth-order valence-electron chi connectivity index (χ4n) is 1.92. The Labute approximate surface area is 138 Å². The fourth-order valence-corrected chi connectivity index (χ4v) is 2.47. The number of carbonyl (C=O) groups excluding carboxylic acids is 1. The van der Waals surface area contributed by atoms with Gasteiger partial charge in [-0.2, -0.15) is 0 Å². The summed E-state index contributed by atoms with van der Waals surface area (Å²) in [7, 11) is 1.56. The first-order valence-corrected chi connectivity index (χ1v) is 7.38. The van der Waals surface area contributed by atoms with E-state index in [1.807, 2.05) is 6.92 Å². The van der Waals surface area contributed by atoms with E-state index in [1.54, 1.807) is 31.4 Å². The second-order valence-corrected chi connectivity index (χ2v) is 5.23. The van der Waals surface area contributed by atoms with Gasteiger partial charge in [0.15, 0.2) is 5.75 Å². The molecule has 4 nitrogen and oxygen atoms in total. The molecular weight excluding hydrogens is 325 g/mol. The molecule has 2 aromatic rings. The number of rotatable bonds is 5. The Bertz CT molecular complexity index is 689. The largest absolute Gasteiger partial charge is 0.497 e. The average molecular weight is 340 g/mol. The minimum absolute atomic E-state index is 0.280. The van der Waals surface area contributed by atoms with Gasteiger partial charge in [-0.25, -0.2) is 0 Å². The third-order valence-corrected chi connectivity index (χ3v) is 3.37. The highest BCUT2D eigenvalue weighted by molar-refractivity contribution is 6.36. The maximum atomic E-state index is 12.5. The Kier molecular flexibility index (Phi) is 5.52. The molecule has 0 aliphatic rings. The van der Waals surface area contributed by atoms with Gasteiger partial charge in [0.25, 0.3) is 5.91 Å². The first-order chi connectivity index (χ1) is 10.5. The van der Waals surface area contributed by atoms with Gasteiger partial charge in [-0.3, -0.25) is 4.79 Å². The van der Waals surface area contributed by atoms with Gasteiger partial charge >= 0.3 is 0 Å². The van der Waals surface area contributed by atoms with Crippen molar-refractivity contribution in [3.8, 4) is 11.5 Å². The summed E-state index contributed by atoms with van der Waals surface area (Å²) in [6.45, 7) is 2.20. The molecule has 0 unspecified atom stereocenters. The van der Waals surface area contributed by atoms with Crippen molar-refractivity contribution in [3.63, 3.8) is 0 Å². The highest BCUT2D eigenvalue weighted by atomic mass is 35.5. The van der Waals surface area contributed by atoms with Crippen LogP contribution < -0.4 is 14.8 Å². The normalized spacial score (nSPS) is 10.2. The van der Waals surface area contributed by atoms with Crippen LogP contribution in [0, 0.1) is 0 Å². The number of ether oxygens (including phenoxy) is 2. The number of carbonyl (C=O) groups is 1. The van der Waals surface area contributed by atoms with E-state index in [4.69, 9.17) is 32.7 Å². The SMILES string of the molecule is CCOc1c(Cl)cc(Cl)cc1C(=O)Nc1cccc(OC)c1. The van der Waals surface area contributed by atoms with Crippen LogP contribution in [0.25, 0.3) is 0 Å². The van der Waals surface area contributed by atoms with E-state index in [0.29, 0.717) is 33.8 Å². The number of anilines is 1. The van der Waals surface area contributed by atoms with Crippen molar-refractivity contribution in [2.45, 2.75) is 6.92 Å². The average Bonchev–Trinajstić information content (AvgIpc) is 2.50. The lowest BCUT2D eigenvalue weighted by Gasteiger charge is -2.13. The van der Waals surface area contributed by atoms with Gasteiger partial charge in [0.2, 0.25) is 0 Å². The maximum absolute atomic E-state index is 12.5. The van der Waals surface area contributed by atoms with Crippen molar-refractivity contribution in [2.75, 3.05) is 19.0 Å². The number of hydrogen-bond acceptors (Lipinski definition) is 3. The molecule has 0 saturated carbocycles. The summed E-state index contributed by atoms with van der Waals surface area (Å²) in [5.74, 6) is 0.599. The minimum Gasteiger partial charge on any atom is -0.497 e. The van der Waals surface area contributed by atoms with Crippen molar-refractivity contribution in [1.82, 2.24) is 0 Å². The zero-order valence-electron chi connectivity index (χ0n) is 12.2. The Hall–Kier alpha value is -1.91. The Morgan fingerprint density at radius 1 is 1.23 bits per heavy atom. The van der Waals surface area contributed by atoms with Crippen LogP contribution >= 0.6 is 23.2 Å². The predicted octanol–water partition coefficient (Wildman–Crippen LogP) is 4.65. The second kappa shape index (κ2) is 7.38. The van der Waals surface area contributed by atoms with Crippen molar-refractivity contribution < 1.29 is 14.3 Å². The highest BCUT2D eigenvalue weighted by Gasteiger charge is 2.17. The van der Waals surface area contributed by atoms with Crippen molar-refractivity contribution in [3.05, 3.63) is 52.0 Å². The third kappa shape index (κ3) is 3.84. The third-order valence-electron chi connectivity index (χ3n) is 2.87. The quantitative estimate of drug-likeness (QED) is 0.862. The van der Waals surface area contributed by atoms with Crippen LogP contribution in [0.5, 0.6) is 11.5 Å². The molecule has 0 fully saturated rings. The molecule has 1 amide bonds. The Balaban J connectivity index is 2.32. The molecule has 22 heavy (non-hydrogen) atoms. The van der Waals surface area contributed by atoms with Crippen LogP contribution in [-0.4, -0.2) is 19.6 Å². The van der Waals surface area contributed by atoms with E-state index in [1.165, 1.54) is 12.1 Å². The van der Waals surface area contributed by atoms with Gasteiger partial charge in [0.1, 0.15) is 5.75 Å². The van der Waals surface area contributed by atoms with E-state index in [0.717, 1.165) is 0 Å². The van der Waals surface area contributed by atoms with Crippen molar-refractivity contribution in [1.29, 1.82) is 0 Å². The number of methoxy groups -OCH3 is 1. The molecule has 0 spiro atoms. The molecule has 0 aromatic heterocycles. The van der Waals surface area contributed by atoms with Gasteiger partial charge in [-0.15, -0.1) is 0 Å². The number of hydrogen-bond donors (Lipinski definition) is 1. The van der Waals surface area contributed by atoms with E-state index in [-0.39, 0.29) is 11.5 Å². The second-order valence-electron chi connectivity index (χ2n) is 4.38. The molecule has 0 bridgehead atoms. The number of halogens is 2. The first kappa shape index (κ1) is 16.5. The van der Waals surface area contributed by atoms with Gasteiger partial charge in [-0.05, 0) is 31.2 Å². The standard InChI is InChI=1S/C16H15Cl2NO3/c1-3-22-15-13(7-10(17)8-14(15)18)16(20)19-11-5-4-6-12(9-11)21-2/h4-9H,3H2,1-2H3,(H,19,20). The Morgan fingerprint density at radius 2 is 2.00 bits per heavy atom. The molecule has 1 N–H and O–H groups in total. The lowest BCUT2D eigenvalue weighted by molar-refractivity contribution is 0.102. The fraction of sp³-hybridized carbons (Fsp3) is 0.188. The zero-order valence-corrected chi connectivity index (χ0v) is 13.7. The lowest BCUT2D eigenvalue weighted by Crippen LogP contribution is -2.14. The highest BCUT2D eigenvalue weighted by Crippen LogP contribution is 2.33. The van der Waals surface area contributed by atoms with Crippen LogP contribution in [0.15, 0.2) is 36.4 Å². The monoisotopic (exact) mass is 339 g/mol. The maximum Gasteiger partial charge on any atom is 0.259 e. The molecule has 0 aliphatic heterocycles. The summed E-state index contributed by atoms with van der Waals surface area (Å²) in [6.07, 6.45) is 0. The van der Waals surface area contributed by atoms with Crippen LogP contribution in [0.1, 0.15) is 17.3 Å². The van der Waals surface area contributed by atoms with Crippen LogP contribution in [0.4, 0.5) is 5.69 Å². The summed E-state index contributed by atoms with van der Waals surface area (Å²) < 4.78 is 10.6. The Morgan fingerprint density at radius 3 is 2.68 bits per heavy atom. The van der Waals surface area contributed by atoms with Gasteiger partial charge < -0.3 is 14.8 Å². The lowest BCUT2D eigenvalue weighted by atomic mass is 10.1. The van der Waals surface area contributed by atoms with E-state index >= 15 is 0 Å². The number of benzene rings is 2. The molecule has 0 saturated heterocycles. The van der Waals surface area contributed by atoms with E-state index in [2.05, 4.69) is 5.32 Å².